The maximum atomic E-state index is 6.00. The van der Waals surface area contributed by atoms with Gasteiger partial charge in [-0.2, -0.15) is 4.98 Å². The lowest BCUT2D eigenvalue weighted by Gasteiger charge is -2.09. The minimum Gasteiger partial charge on any atom is -0.454 e. The van der Waals surface area contributed by atoms with Crippen molar-refractivity contribution in [3.63, 3.8) is 0 Å². The zero-order valence-electron chi connectivity index (χ0n) is 13.2. The van der Waals surface area contributed by atoms with Gasteiger partial charge in [-0.3, -0.25) is 0 Å². The first-order valence-electron chi connectivity index (χ1n) is 7.74. The van der Waals surface area contributed by atoms with Gasteiger partial charge in [-0.1, -0.05) is 23.7 Å². The number of rotatable bonds is 5. The molecule has 3 aromatic rings. The molecule has 0 aliphatic carbocycles. The molecule has 2 heterocycles. The number of aromatic nitrogens is 2. The Bertz CT molecular complexity index is 904. The van der Waals surface area contributed by atoms with Gasteiger partial charge in [0.25, 0.3) is 0 Å². The van der Waals surface area contributed by atoms with Crippen molar-refractivity contribution in [2.24, 2.45) is 0 Å². The molecular weight excluding hydrogens is 340 g/mol. The maximum absolute atomic E-state index is 6.00. The van der Waals surface area contributed by atoms with Crippen molar-refractivity contribution < 1.29 is 9.47 Å². The molecule has 0 atom stereocenters. The molecule has 0 bridgehead atoms. The molecule has 0 fully saturated rings. The van der Waals surface area contributed by atoms with E-state index in [1.807, 2.05) is 42.5 Å². The summed E-state index contributed by atoms with van der Waals surface area (Å²) in [6.07, 6.45) is 1.70. The van der Waals surface area contributed by atoms with Crippen molar-refractivity contribution in [2.75, 3.05) is 17.4 Å². The molecule has 0 amide bonds. The first kappa shape index (κ1) is 15.5. The summed E-state index contributed by atoms with van der Waals surface area (Å²) in [4.78, 5) is 8.69. The van der Waals surface area contributed by atoms with Gasteiger partial charge < -0.3 is 20.1 Å². The number of benzene rings is 2. The quantitative estimate of drug-likeness (QED) is 0.715. The predicted molar refractivity (Wildman–Crippen MR) is 96.7 cm³/mol. The lowest BCUT2D eigenvalue weighted by molar-refractivity contribution is 0.174. The fourth-order valence-corrected chi connectivity index (χ4v) is 2.65. The second kappa shape index (κ2) is 6.86. The Hall–Kier alpha value is -2.99. The van der Waals surface area contributed by atoms with Gasteiger partial charge in [0, 0.05) is 23.5 Å². The van der Waals surface area contributed by atoms with Gasteiger partial charge in [0.1, 0.15) is 5.82 Å². The summed E-state index contributed by atoms with van der Waals surface area (Å²) in [5.74, 6) is 2.75. The summed E-state index contributed by atoms with van der Waals surface area (Å²) in [5, 5.41) is 7.08. The van der Waals surface area contributed by atoms with Gasteiger partial charge in [-0.25, -0.2) is 4.98 Å². The number of fused-ring (bicyclic) bond motifs is 1. The summed E-state index contributed by atoms with van der Waals surface area (Å²) in [7, 11) is 0. The molecule has 0 unspecified atom stereocenters. The zero-order valence-corrected chi connectivity index (χ0v) is 14.0. The highest BCUT2D eigenvalue weighted by atomic mass is 35.5. The van der Waals surface area contributed by atoms with Crippen LogP contribution in [0.4, 0.5) is 17.5 Å². The third-order valence-corrected chi connectivity index (χ3v) is 3.88. The molecule has 25 heavy (non-hydrogen) atoms. The van der Waals surface area contributed by atoms with Crippen LogP contribution in [0, 0.1) is 0 Å². The van der Waals surface area contributed by atoms with E-state index in [1.54, 1.807) is 12.3 Å². The second-order valence-corrected chi connectivity index (χ2v) is 5.88. The normalized spacial score (nSPS) is 12.0. The topological polar surface area (TPSA) is 68.3 Å². The number of hydrogen-bond donors (Lipinski definition) is 2. The van der Waals surface area contributed by atoms with Crippen LogP contribution in [0.5, 0.6) is 11.5 Å². The minimum atomic E-state index is 0.270. The van der Waals surface area contributed by atoms with Crippen molar-refractivity contribution >= 4 is 29.1 Å². The first-order chi connectivity index (χ1) is 12.3. The summed E-state index contributed by atoms with van der Waals surface area (Å²) in [6, 6.07) is 15.1. The molecular formula is C18H15ClN4O2. The van der Waals surface area contributed by atoms with Gasteiger partial charge in [0.15, 0.2) is 11.5 Å². The largest absolute Gasteiger partial charge is 0.454 e. The standard InChI is InChI=1S/C18H15ClN4O2/c19-13-2-1-3-14(9-13)22-17-6-7-20-18(23-17)21-10-12-4-5-15-16(8-12)25-11-24-15/h1-9H,10-11H2,(H2,20,21,22,23). The van der Waals surface area contributed by atoms with Crippen LogP contribution in [-0.2, 0) is 6.54 Å². The Balaban J connectivity index is 1.43. The van der Waals surface area contributed by atoms with E-state index in [-0.39, 0.29) is 6.79 Å². The van der Waals surface area contributed by atoms with E-state index in [4.69, 9.17) is 21.1 Å². The van der Waals surface area contributed by atoms with E-state index in [9.17, 15) is 0 Å². The van der Waals surface area contributed by atoms with Crippen LogP contribution >= 0.6 is 11.6 Å². The minimum absolute atomic E-state index is 0.270. The lowest BCUT2D eigenvalue weighted by Crippen LogP contribution is -2.05. The molecule has 0 radical (unpaired) electrons. The Kier molecular flexibility index (Phi) is 4.26. The SMILES string of the molecule is Clc1cccc(Nc2ccnc(NCc3ccc4c(c3)OCO4)n2)c1. The molecule has 126 valence electrons. The van der Waals surface area contributed by atoms with E-state index in [1.165, 1.54) is 0 Å². The van der Waals surface area contributed by atoms with Crippen LogP contribution < -0.4 is 20.1 Å². The van der Waals surface area contributed by atoms with Crippen molar-refractivity contribution in [1.29, 1.82) is 0 Å². The van der Waals surface area contributed by atoms with Crippen LogP contribution in [-0.4, -0.2) is 16.8 Å². The summed E-state index contributed by atoms with van der Waals surface area (Å²) in [6.45, 7) is 0.851. The molecule has 2 N–H and O–H groups in total. The van der Waals surface area contributed by atoms with Crippen LogP contribution in [0.2, 0.25) is 5.02 Å². The number of hydrogen-bond acceptors (Lipinski definition) is 6. The number of nitrogens with zero attached hydrogens (tertiary/aromatic N) is 2. The van der Waals surface area contributed by atoms with Crippen LogP contribution in [0.15, 0.2) is 54.7 Å². The van der Waals surface area contributed by atoms with E-state index in [0.717, 1.165) is 22.7 Å². The molecule has 0 saturated carbocycles. The highest BCUT2D eigenvalue weighted by Gasteiger charge is 2.13. The molecule has 2 aromatic carbocycles. The van der Waals surface area contributed by atoms with E-state index < -0.39 is 0 Å². The molecule has 1 aliphatic heterocycles. The molecule has 1 aliphatic rings. The molecule has 4 rings (SSSR count). The average molecular weight is 355 g/mol. The van der Waals surface area contributed by atoms with Gasteiger partial charge in [-0.05, 0) is 42.0 Å². The highest BCUT2D eigenvalue weighted by molar-refractivity contribution is 6.30. The summed E-state index contributed by atoms with van der Waals surface area (Å²) in [5.41, 5.74) is 1.92. The molecule has 0 spiro atoms. The number of anilines is 3. The molecule has 1 aromatic heterocycles. The monoisotopic (exact) mass is 354 g/mol. The average Bonchev–Trinajstić information content (AvgIpc) is 3.08. The summed E-state index contributed by atoms with van der Waals surface area (Å²) >= 11 is 6.00. The second-order valence-electron chi connectivity index (χ2n) is 5.44. The van der Waals surface area contributed by atoms with Crippen molar-refractivity contribution in [1.82, 2.24) is 9.97 Å². The van der Waals surface area contributed by atoms with Crippen LogP contribution in [0.1, 0.15) is 5.56 Å². The van der Waals surface area contributed by atoms with Gasteiger partial charge in [0.05, 0.1) is 0 Å². The van der Waals surface area contributed by atoms with E-state index in [2.05, 4.69) is 20.6 Å². The van der Waals surface area contributed by atoms with Crippen molar-refractivity contribution in [3.05, 3.63) is 65.3 Å². The Morgan fingerprint density at radius 3 is 2.88 bits per heavy atom. The Morgan fingerprint density at radius 2 is 1.96 bits per heavy atom. The van der Waals surface area contributed by atoms with Crippen LogP contribution in [0.25, 0.3) is 0 Å². The zero-order chi connectivity index (χ0) is 17.1. The third kappa shape index (κ3) is 3.75. The van der Waals surface area contributed by atoms with Gasteiger partial charge >= 0.3 is 0 Å². The van der Waals surface area contributed by atoms with E-state index >= 15 is 0 Å². The number of nitrogens with one attached hydrogen (secondary N) is 2. The van der Waals surface area contributed by atoms with Gasteiger partial charge in [-0.15, -0.1) is 0 Å². The molecule has 7 heteroatoms. The summed E-state index contributed by atoms with van der Waals surface area (Å²) < 4.78 is 10.7. The fourth-order valence-electron chi connectivity index (χ4n) is 2.46. The molecule has 0 saturated heterocycles. The fraction of sp³-hybridized carbons (Fsp3) is 0.111. The van der Waals surface area contributed by atoms with Gasteiger partial charge in [0.2, 0.25) is 12.7 Å². The maximum Gasteiger partial charge on any atom is 0.231 e. The molecule has 6 nitrogen and oxygen atoms in total. The Labute approximate surface area is 149 Å². The van der Waals surface area contributed by atoms with Crippen molar-refractivity contribution in [2.45, 2.75) is 6.54 Å². The Morgan fingerprint density at radius 1 is 1.04 bits per heavy atom. The van der Waals surface area contributed by atoms with Crippen LogP contribution in [0.3, 0.4) is 0 Å². The third-order valence-electron chi connectivity index (χ3n) is 3.64. The lowest BCUT2D eigenvalue weighted by atomic mass is 10.2. The predicted octanol–water partition coefficient (Wildman–Crippen LogP) is 4.21. The smallest absolute Gasteiger partial charge is 0.231 e. The number of halogens is 1. The highest BCUT2D eigenvalue weighted by Crippen LogP contribution is 2.32. The number of ether oxygens (including phenoxy) is 2. The van der Waals surface area contributed by atoms with E-state index in [0.29, 0.717) is 23.3 Å². The first-order valence-corrected chi connectivity index (χ1v) is 8.12. The van der Waals surface area contributed by atoms with Crippen molar-refractivity contribution in [3.8, 4) is 11.5 Å².